The second-order valence-corrected chi connectivity index (χ2v) is 5.85. The number of hydrogen-bond donors (Lipinski definition) is 1. The van der Waals surface area contributed by atoms with Crippen LogP contribution in [0.1, 0.15) is 12.7 Å². The van der Waals surface area contributed by atoms with Crippen molar-refractivity contribution in [1.82, 2.24) is 15.2 Å². The zero-order chi connectivity index (χ0) is 18.5. The van der Waals surface area contributed by atoms with Crippen molar-refractivity contribution in [1.29, 1.82) is 0 Å². The maximum atomic E-state index is 5.33. The highest BCUT2D eigenvalue weighted by Gasteiger charge is 2.13. The van der Waals surface area contributed by atoms with Gasteiger partial charge in [0.25, 0.3) is 5.95 Å². The van der Waals surface area contributed by atoms with Gasteiger partial charge >= 0.3 is 0 Å². The smallest absolute Gasteiger partial charge is 0.263 e. The topological polar surface area (TPSA) is 76.2 Å². The molecule has 0 radical (unpaired) electrons. The minimum Gasteiger partial charge on any atom is -0.463 e. The molecule has 27 heavy (non-hydrogen) atoms. The van der Waals surface area contributed by atoms with E-state index >= 15 is 0 Å². The van der Waals surface area contributed by atoms with Gasteiger partial charge in [0.1, 0.15) is 22.9 Å². The lowest BCUT2D eigenvalue weighted by molar-refractivity contribution is 0.557. The fourth-order valence-electron chi connectivity index (χ4n) is 2.63. The number of hydrazone groups is 1. The van der Waals surface area contributed by atoms with Crippen LogP contribution >= 0.6 is 0 Å². The average molecular weight is 355 g/mol. The molecule has 6 nitrogen and oxygen atoms in total. The minimum absolute atomic E-state index is 0.319. The van der Waals surface area contributed by atoms with E-state index in [4.69, 9.17) is 4.42 Å². The first kappa shape index (κ1) is 16.7. The van der Waals surface area contributed by atoms with Crippen molar-refractivity contribution in [2.75, 3.05) is 5.43 Å². The van der Waals surface area contributed by atoms with Crippen molar-refractivity contribution < 1.29 is 4.42 Å². The number of aromatic nitrogens is 3. The Balaban J connectivity index is 1.72. The molecule has 2 heterocycles. The average Bonchev–Trinajstić information content (AvgIpc) is 3.28. The van der Waals surface area contributed by atoms with E-state index in [1.54, 1.807) is 6.26 Å². The fraction of sp³-hybridized carbons (Fsp3) is 0.0476. The molecule has 1 N–H and O–H groups in total. The largest absolute Gasteiger partial charge is 0.463 e. The SMILES string of the molecule is CC(=NNc1nnc(-c2ccccc2)c(-c2ccccc2)n1)c1ccco1. The van der Waals surface area contributed by atoms with E-state index in [-0.39, 0.29) is 0 Å². The summed E-state index contributed by atoms with van der Waals surface area (Å²) in [5, 5.41) is 12.9. The van der Waals surface area contributed by atoms with Crippen LogP contribution in [-0.4, -0.2) is 20.9 Å². The first-order valence-electron chi connectivity index (χ1n) is 8.51. The van der Waals surface area contributed by atoms with Gasteiger partial charge in [-0.25, -0.2) is 10.4 Å². The summed E-state index contributed by atoms with van der Waals surface area (Å²) in [6.45, 7) is 1.84. The van der Waals surface area contributed by atoms with E-state index in [2.05, 4.69) is 25.7 Å². The zero-order valence-corrected chi connectivity index (χ0v) is 14.7. The molecule has 0 amide bonds. The molecule has 4 aromatic rings. The maximum Gasteiger partial charge on any atom is 0.263 e. The molecule has 0 saturated heterocycles. The van der Waals surface area contributed by atoms with Crippen LogP contribution in [0.4, 0.5) is 5.95 Å². The first-order valence-corrected chi connectivity index (χ1v) is 8.51. The summed E-state index contributed by atoms with van der Waals surface area (Å²) in [4.78, 5) is 4.65. The molecule has 0 aliphatic carbocycles. The molecule has 0 atom stereocenters. The molecule has 0 fully saturated rings. The van der Waals surface area contributed by atoms with Gasteiger partial charge in [-0.2, -0.15) is 5.10 Å². The van der Waals surface area contributed by atoms with Crippen LogP contribution in [0.5, 0.6) is 0 Å². The van der Waals surface area contributed by atoms with Crippen molar-refractivity contribution in [2.24, 2.45) is 5.10 Å². The molecule has 0 spiro atoms. The lowest BCUT2D eigenvalue weighted by Gasteiger charge is -2.09. The van der Waals surface area contributed by atoms with Crippen LogP contribution in [-0.2, 0) is 0 Å². The number of anilines is 1. The Morgan fingerprint density at radius 3 is 2.11 bits per heavy atom. The second kappa shape index (κ2) is 7.61. The summed E-state index contributed by atoms with van der Waals surface area (Å²) in [6, 6.07) is 23.4. The van der Waals surface area contributed by atoms with Gasteiger partial charge in [-0.1, -0.05) is 60.7 Å². The molecule has 132 valence electrons. The highest BCUT2D eigenvalue weighted by Crippen LogP contribution is 2.28. The van der Waals surface area contributed by atoms with Gasteiger partial charge in [-0.05, 0) is 19.1 Å². The Morgan fingerprint density at radius 1 is 0.815 bits per heavy atom. The highest BCUT2D eigenvalue weighted by atomic mass is 16.3. The summed E-state index contributed by atoms with van der Waals surface area (Å²) >= 11 is 0. The lowest BCUT2D eigenvalue weighted by Crippen LogP contribution is -2.05. The van der Waals surface area contributed by atoms with E-state index in [0.29, 0.717) is 17.4 Å². The molecule has 0 aliphatic rings. The standard InChI is InChI=1S/C21H17N5O/c1-15(18-13-8-14-27-18)23-25-21-22-19(16-9-4-2-5-10-16)20(24-26-21)17-11-6-3-7-12-17/h2-14H,1H3,(H,22,25,26). The number of benzene rings is 2. The summed E-state index contributed by atoms with van der Waals surface area (Å²) < 4.78 is 5.33. The highest BCUT2D eigenvalue weighted by molar-refractivity contribution is 5.96. The Morgan fingerprint density at radius 2 is 1.48 bits per heavy atom. The Kier molecular flexibility index (Phi) is 4.70. The number of nitrogens with zero attached hydrogens (tertiary/aromatic N) is 4. The van der Waals surface area contributed by atoms with Crippen molar-refractivity contribution in [3.63, 3.8) is 0 Å². The van der Waals surface area contributed by atoms with E-state index in [1.807, 2.05) is 79.7 Å². The van der Waals surface area contributed by atoms with E-state index in [1.165, 1.54) is 0 Å². The summed E-state index contributed by atoms with van der Waals surface area (Å²) in [5.41, 5.74) is 6.93. The monoisotopic (exact) mass is 355 g/mol. The number of nitrogens with one attached hydrogen (secondary N) is 1. The van der Waals surface area contributed by atoms with Crippen molar-refractivity contribution >= 4 is 11.7 Å². The van der Waals surface area contributed by atoms with Gasteiger partial charge in [0.15, 0.2) is 0 Å². The molecular weight excluding hydrogens is 338 g/mol. The summed E-state index contributed by atoms with van der Waals surface area (Å²) in [7, 11) is 0. The van der Waals surface area contributed by atoms with Gasteiger partial charge < -0.3 is 4.42 Å². The van der Waals surface area contributed by atoms with E-state index < -0.39 is 0 Å². The normalized spacial score (nSPS) is 11.4. The molecule has 2 aromatic heterocycles. The Labute approximate surface area is 156 Å². The predicted molar refractivity (Wildman–Crippen MR) is 105 cm³/mol. The van der Waals surface area contributed by atoms with Gasteiger partial charge in [-0.15, -0.1) is 10.2 Å². The maximum absolute atomic E-state index is 5.33. The van der Waals surface area contributed by atoms with Gasteiger partial charge in [0.05, 0.1) is 6.26 Å². The molecule has 4 rings (SSSR count). The molecule has 2 aromatic carbocycles. The fourth-order valence-corrected chi connectivity index (χ4v) is 2.63. The van der Waals surface area contributed by atoms with Crippen LogP contribution in [0.3, 0.4) is 0 Å². The van der Waals surface area contributed by atoms with E-state index in [9.17, 15) is 0 Å². The number of rotatable bonds is 5. The van der Waals surface area contributed by atoms with E-state index in [0.717, 1.165) is 22.5 Å². The molecule has 6 heteroatoms. The first-order chi connectivity index (χ1) is 13.3. The Hall–Kier alpha value is -3.80. The third-order valence-electron chi connectivity index (χ3n) is 3.98. The van der Waals surface area contributed by atoms with Crippen molar-refractivity contribution in [3.8, 4) is 22.5 Å². The summed E-state index contributed by atoms with van der Waals surface area (Å²) in [6.07, 6.45) is 1.61. The minimum atomic E-state index is 0.319. The molecular formula is C21H17N5O. The van der Waals surface area contributed by atoms with Gasteiger partial charge in [0.2, 0.25) is 0 Å². The van der Waals surface area contributed by atoms with Crippen molar-refractivity contribution in [2.45, 2.75) is 6.92 Å². The number of hydrogen-bond acceptors (Lipinski definition) is 6. The predicted octanol–water partition coefficient (Wildman–Crippen LogP) is 4.63. The Bertz CT molecular complexity index is 1040. The van der Waals surface area contributed by atoms with Crippen LogP contribution in [0.15, 0.2) is 88.6 Å². The molecule has 0 unspecified atom stereocenters. The van der Waals surface area contributed by atoms with Crippen LogP contribution in [0.2, 0.25) is 0 Å². The quantitative estimate of drug-likeness (QED) is 0.417. The van der Waals surface area contributed by atoms with Gasteiger partial charge in [-0.3, -0.25) is 0 Å². The second-order valence-electron chi connectivity index (χ2n) is 5.85. The number of furan rings is 1. The lowest BCUT2D eigenvalue weighted by atomic mass is 10.0. The van der Waals surface area contributed by atoms with Crippen molar-refractivity contribution in [3.05, 3.63) is 84.8 Å². The third kappa shape index (κ3) is 3.74. The molecule has 0 saturated carbocycles. The van der Waals surface area contributed by atoms with Crippen LogP contribution in [0.25, 0.3) is 22.5 Å². The third-order valence-corrected chi connectivity index (χ3v) is 3.98. The summed E-state index contributed by atoms with van der Waals surface area (Å²) in [5.74, 6) is 0.999. The zero-order valence-electron chi connectivity index (χ0n) is 14.7. The van der Waals surface area contributed by atoms with Gasteiger partial charge in [0, 0.05) is 11.1 Å². The van der Waals surface area contributed by atoms with Crippen LogP contribution in [0, 0.1) is 0 Å². The molecule has 0 aliphatic heterocycles. The van der Waals surface area contributed by atoms with Crippen LogP contribution < -0.4 is 5.43 Å². The molecule has 0 bridgehead atoms.